The summed E-state index contributed by atoms with van der Waals surface area (Å²) in [5.41, 5.74) is 1.06. The summed E-state index contributed by atoms with van der Waals surface area (Å²) in [5, 5.41) is 41.3. The van der Waals surface area contributed by atoms with E-state index >= 15 is 0 Å². The van der Waals surface area contributed by atoms with Gasteiger partial charge in [-0.1, -0.05) is 6.07 Å². The first-order chi connectivity index (χ1) is 16.5. The minimum atomic E-state index is -5.25. The van der Waals surface area contributed by atoms with Gasteiger partial charge < -0.3 is 24.8 Å². The highest BCUT2D eigenvalue weighted by atomic mass is 19.4. The Kier molecular flexibility index (Phi) is 6.32. The lowest BCUT2D eigenvalue weighted by Crippen LogP contribution is -2.51. The zero-order valence-corrected chi connectivity index (χ0v) is 17.3. The molecule has 1 aromatic heterocycles. The van der Waals surface area contributed by atoms with E-state index in [1.807, 2.05) is 0 Å². The summed E-state index contributed by atoms with van der Waals surface area (Å²) in [6.45, 7) is -0.606. The van der Waals surface area contributed by atoms with Crippen LogP contribution in [-0.4, -0.2) is 78.1 Å². The zero-order chi connectivity index (χ0) is 25.5. The predicted molar refractivity (Wildman–Crippen MR) is 106 cm³/mol. The van der Waals surface area contributed by atoms with Crippen molar-refractivity contribution in [1.29, 1.82) is 0 Å². The molecule has 188 valence electrons. The van der Waals surface area contributed by atoms with Crippen LogP contribution in [0, 0.1) is 10.1 Å². The number of alkyl halides is 3. The van der Waals surface area contributed by atoms with Crippen LogP contribution in [0.1, 0.15) is 18.1 Å². The van der Waals surface area contributed by atoms with E-state index in [0.717, 1.165) is 23.3 Å². The van der Waals surface area contributed by atoms with E-state index in [2.05, 4.69) is 9.98 Å². The summed E-state index contributed by atoms with van der Waals surface area (Å²) in [6, 6.07) is 4.76. The van der Waals surface area contributed by atoms with Crippen molar-refractivity contribution < 1.29 is 47.7 Å². The first-order valence-electron chi connectivity index (χ1n) is 9.82. The van der Waals surface area contributed by atoms with E-state index in [1.165, 1.54) is 18.2 Å². The molecule has 5 atom stereocenters. The van der Waals surface area contributed by atoms with Crippen LogP contribution in [0.15, 0.2) is 35.6 Å². The van der Waals surface area contributed by atoms with E-state index in [4.69, 9.17) is 9.47 Å². The van der Waals surface area contributed by atoms with Crippen molar-refractivity contribution in [2.24, 2.45) is 4.99 Å². The zero-order valence-electron chi connectivity index (χ0n) is 17.3. The highest BCUT2D eigenvalue weighted by Gasteiger charge is 2.46. The Hall–Kier alpha value is -3.80. The van der Waals surface area contributed by atoms with Crippen molar-refractivity contribution >= 4 is 23.8 Å². The van der Waals surface area contributed by atoms with Crippen molar-refractivity contribution in [2.45, 2.75) is 36.9 Å². The van der Waals surface area contributed by atoms with Gasteiger partial charge in [0.2, 0.25) is 6.23 Å². The minimum Gasteiger partial charge on any atom is -0.462 e. The topological polar surface area (TPSA) is 185 Å². The van der Waals surface area contributed by atoms with Crippen molar-refractivity contribution in [3.63, 3.8) is 0 Å². The number of aliphatic hydroxyl groups excluding tert-OH is 3. The number of halogens is 3. The monoisotopic (exact) mass is 502 g/mol. The molecule has 2 aliphatic heterocycles. The minimum absolute atomic E-state index is 0.0761. The number of aliphatic imine (C=N–C) groups is 1. The number of nitro benzene ring substituents is 1. The average molecular weight is 502 g/mol. The number of amides is 1. The second-order valence-corrected chi connectivity index (χ2v) is 7.40. The summed E-state index contributed by atoms with van der Waals surface area (Å²) >= 11 is 0. The maximum absolute atomic E-state index is 12.8. The third kappa shape index (κ3) is 4.61. The molecule has 0 saturated carbocycles. The van der Waals surface area contributed by atoms with Crippen molar-refractivity contribution in [2.75, 3.05) is 6.61 Å². The summed E-state index contributed by atoms with van der Waals surface area (Å²) in [7, 11) is 0. The number of hydrogen-bond acceptors (Lipinski definition) is 11. The number of nitrogens with one attached hydrogen (secondary N) is 1. The molecule has 4 N–H and O–H groups in total. The summed E-state index contributed by atoms with van der Waals surface area (Å²) in [6.07, 6.45) is -10.3. The van der Waals surface area contributed by atoms with Gasteiger partial charge in [-0.25, -0.2) is 15.0 Å². The highest BCUT2D eigenvalue weighted by molar-refractivity contribution is 5.83. The number of nitro groups is 1. The van der Waals surface area contributed by atoms with E-state index in [-0.39, 0.29) is 22.9 Å². The Labute approximate surface area is 192 Å². The molecule has 2 aliphatic rings. The Morgan fingerprint density at radius 2 is 2.06 bits per heavy atom. The van der Waals surface area contributed by atoms with Crippen molar-refractivity contribution in [1.82, 2.24) is 20.0 Å². The molecule has 14 nitrogen and oxygen atoms in total. The second-order valence-electron chi connectivity index (χ2n) is 7.40. The van der Waals surface area contributed by atoms with E-state index in [1.54, 1.807) is 5.43 Å². The number of aliphatic hydroxyl groups is 3. The third-order valence-electron chi connectivity index (χ3n) is 5.14. The number of nitrogens with zero attached hydrogens (tertiary/aromatic N) is 5. The van der Waals surface area contributed by atoms with Gasteiger partial charge in [0.05, 0.1) is 23.9 Å². The van der Waals surface area contributed by atoms with Crippen LogP contribution >= 0.6 is 0 Å². The number of ether oxygens (including phenoxy) is 2. The van der Waals surface area contributed by atoms with Gasteiger partial charge in [0.15, 0.2) is 12.0 Å². The number of rotatable bonds is 6. The summed E-state index contributed by atoms with van der Waals surface area (Å²) < 4.78 is 50.8. The van der Waals surface area contributed by atoms with Gasteiger partial charge in [-0.05, 0) is 6.07 Å². The molecule has 1 aromatic carbocycles. The molecule has 0 spiro atoms. The maximum Gasteiger partial charge on any atom is 0.472 e. The first kappa shape index (κ1) is 24.3. The fourth-order valence-corrected chi connectivity index (χ4v) is 3.46. The van der Waals surface area contributed by atoms with Gasteiger partial charge in [0.25, 0.3) is 5.69 Å². The van der Waals surface area contributed by atoms with Crippen LogP contribution in [0.25, 0.3) is 0 Å². The van der Waals surface area contributed by atoms with Crippen LogP contribution in [0.4, 0.5) is 24.7 Å². The predicted octanol–water partition coefficient (Wildman–Crippen LogP) is 0.0493. The van der Waals surface area contributed by atoms with E-state index in [9.17, 15) is 43.4 Å². The highest BCUT2D eigenvalue weighted by Crippen LogP contribution is 2.39. The molecule has 0 aliphatic carbocycles. The number of imidazole rings is 1. The van der Waals surface area contributed by atoms with Crippen LogP contribution in [0.5, 0.6) is 5.75 Å². The number of carbonyl (C=O) groups is 1. The molecule has 35 heavy (non-hydrogen) atoms. The van der Waals surface area contributed by atoms with Crippen molar-refractivity contribution in [3.8, 4) is 5.75 Å². The molecule has 0 bridgehead atoms. The molecule has 0 radical (unpaired) electrons. The maximum atomic E-state index is 12.8. The Morgan fingerprint density at radius 3 is 2.69 bits per heavy atom. The molecule has 1 saturated heterocycles. The fraction of sp³-hybridized carbons (Fsp3) is 0.389. The quantitative estimate of drug-likeness (QED) is 0.311. The van der Waals surface area contributed by atoms with Crippen LogP contribution in [0.2, 0.25) is 0 Å². The largest absolute Gasteiger partial charge is 0.472 e. The van der Waals surface area contributed by atoms with Gasteiger partial charge in [0, 0.05) is 6.07 Å². The summed E-state index contributed by atoms with van der Waals surface area (Å²) in [5.74, 6) is -2.56. The Balaban J connectivity index is 1.70. The SMILES string of the molecule is O=C(NN1C=Nc2c(ncn2[C@@H]2O[C@H](CO)[C@@H](O)[C@H]2O)C1Oc1cccc([N+](=O)[O-])c1)C(F)(F)F. The lowest BCUT2D eigenvalue weighted by atomic mass is 10.1. The fourth-order valence-electron chi connectivity index (χ4n) is 3.46. The molecule has 3 heterocycles. The Morgan fingerprint density at radius 1 is 1.31 bits per heavy atom. The lowest BCUT2D eigenvalue weighted by molar-refractivity contribution is -0.385. The van der Waals surface area contributed by atoms with Crippen LogP contribution in [0.3, 0.4) is 0 Å². The molecule has 4 rings (SSSR count). The van der Waals surface area contributed by atoms with Crippen molar-refractivity contribution in [3.05, 3.63) is 46.4 Å². The third-order valence-corrected chi connectivity index (χ3v) is 5.14. The van der Waals surface area contributed by atoms with E-state index < -0.39 is 54.4 Å². The molecule has 2 aromatic rings. The molecular formula is C18H17F3N6O8. The summed E-state index contributed by atoms with van der Waals surface area (Å²) in [4.78, 5) is 29.9. The molecule has 17 heteroatoms. The van der Waals surface area contributed by atoms with Crippen LogP contribution in [-0.2, 0) is 9.53 Å². The number of hydrazine groups is 1. The molecule has 1 fully saturated rings. The smallest absolute Gasteiger partial charge is 0.462 e. The van der Waals surface area contributed by atoms with Gasteiger partial charge in [-0.15, -0.1) is 0 Å². The molecular weight excluding hydrogens is 485 g/mol. The van der Waals surface area contributed by atoms with Gasteiger partial charge in [-0.3, -0.25) is 24.9 Å². The van der Waals surface area contributed by atoms with Gasteiger partial charge in [-0.2, -0.15) is 13.2 Å². The number of benzene rings is 1. The second kappa shape index (κ2) is 9.10. The number of non-ortho nitro benzene ring substituents is 1. The normalized spacial score (nSPS) is 25.9. The van der Waals surface area contributed by atoms with Crippen LogP contribution < -0.4 is 10.2 Å². The number of fused-ring (bicyclic) bond motifs is 1. The van der Waals surface area contributed by atoms with E-state index in [0.29, 0.717) is 5.01 Å². The molecule has 1 unspecified atom stereocenters. The standard InChI is InChI=1S/C18H17F3N6O8/c19-18(20,21)17(31)24-26-7-23-14-11(15(26)34-9-3-1-2-8(4-9)27(32)33)22-6-25(14)16-13(30)12(29)10(5-28)35-16/h1-4,6-7,10,12-13,15-16,28-30H,5H2,(H,24,31)/t10-,12-,13-,15?,16-/m1/s1. The number of carbonyl (C=O) groups excluding carboxylic acids is 1. The first-order valence-corrected chi connectivity index (χ1v) is 9.82. The average Bonchev–Trinajstić information content (AvgIpc) is 3.35. The van der Waals surface area contributed by atoms with Gasteiger partial charge in [0.1, 0.15) is 36.1 Å². The number of aromatic nitrogens is 2. The number of hydrogen-bond donors (Lipinski definition) is 4. The van der Waals surface area contributed by atoms with Gasteiger partial charge >= 0.3 is 12.1 Å². The lowest BCUT2D eigenvalue weighted by Gasteiger charge is -2.32. The Bertz CT molecular complexity index is 1160. The molecule has 1 amide bonds.